The molecule has 1 aliphatic rings. The lowest BCUT2D eigenvalue weighted by Gasteiger charge is -2.36. The van der Waals surface area contributed by atoms with Gasteiger partial charge in [0.1, 0.15) is 0 Å². The first kappa shape index (κ1) is 12.3. The van der Waals surface area contributed by atoms with Crippen molar-refractivity contribution in [1.82, 2.24) is 15.2 Å². The molecule has 2 heterocycles. The van der Waals surface area contributed by atoms with E-state index >= 15 is 0 Å². The first-order chi connectivity index (χ1) is 8.42. The molecule has 1 aliphatic heterocycles. The summed E-state index contributed by atoms with van der Waals surface area (Å²) in [6.07, 6.45) is 0.866. The van der Waals surface area contributed by atoms with Gasteiger partial charge in [0, 0.05) is 13.1 Å². The molecule has 0 amide bonds. The maximum absolute atomic E-state index is 11.5. The Morgan fingerprint density at radius 1 is 1.39 bits per heavy atom. The lowest BCUT2D eigenvalue weighted by molar-refractivity contribution is -0.149. The van der Waals surface area contributed by atoms with Gasteiger partial charge in [-0.05, 0) is 19.8 Å². The second kappa shape index (κ2) is 4.28. The molecule has 1 aromatic heterocycles. The van der Waals surface area contributed by atoms with Crippen molar-refractivity contribution < 1.29 is 9.90 Å². The Balaban J connectivity index is 2.17. The van der Waals surface area contributed by atoms with Crippen LogP contribution in [0.4, 0.5) is 5.82 Å². The van der Waals surface area contributed by atoms with Crippen LogP contribution in [0.15, 0.2) is 9.59 Å². The third-order valence-electron chi connectivity index (χ3n) is 3.38. The highest BCUT2D eigenvalue weighted by Crippen LogP contribution is 2.31. The second-order valence-corrected chi connectivity index (χ2v) is 4.68. The van der Waals surface area contributed by atoms with Crippen LogP contribution in [0.5, 0.6) is 0 Å². The van der Waals surface area contributed by atoms with Crippen molar-refractivity contribution in [2.75, 3.05) is 18.0 Å². The fourth-order valence-electron chi connectivity index (χ4n) is 1.98. The smallest absolute Gasteiger partial charge is 0.342 e. The summed E-state index contributed by atoms with van der Waals surface area (Å²) in [6, 6.07) is 0. The van der Waals surface area contributed by atoms with E-state index in [0.29, 0.717) is 25.9 Å². The Morgan fingerprint density at radius 3 is 2.50 bits per heavy atom. The molecule has 3 N–H and O–H groups in total. The number of anilines is 1. The van der Waals surface area contributed by atoms with Crippen molar-refractivity contribution in [2.24, 2.45) is 5.41 Å². The van der Waals surface area contributed by atoms with Gasteiger partial charge in [-0.15, -0.1) is 5.10 Å². The van der Waals surface area contributed by atoms with Gasteiger partial charge in [0.15, 0.2) is 0 Å². The summed E-state index contributed by atoms with van der Waals surface area (Å²) in [7, 11) is 0. The lowest BCUT2D eigenvalue weighted by atomic mass is 9.80. The largest absolute Gasteiger partial charge is 0.481 e. The number of nitrogens with zero attached hydrogens (tertiary/aromatic N) is 2. The molecule has 0 aromatic carbocycles. The molecule has 0 unspecified atom stereocenters. The average Bonchev–Trinajstić information content (AvgIpc) is 2.31. The number of aromatic amines is 2. The summed E-state index contributed by atoms with van der Waals surface area (Å²) in [6.45, 7) is 2.53. The van der Waals surface area contributed by atoms with Gasteiger partial charge in [0.05, 0.1) is 5.41 Å². The molecule has 0 spiro atoms. The first-order valence-electron chi connectivity index (χ1n) is 5.60. The van der Waals surface area contributed by atoms with Crippen molar-refractivity contribution in [3.8, 4) is 0 Å². The SMILES string of the molecule is CC1(C(=O)O)CCN(c2n[nH]c(=O)[nH]c2=O)CC1. The molecule has 0 bridgehead atoms. The van der Waals surface area contributed by atoms with Crippen LogP contribution >= 0.6 is 0 Å². The molecule has 1 aromatic rings. The number of piperidine rings is 1. The van der Waals surface area contributed by atoms with Gasteiger partial charge in [-0.25, -0.2) is 9.89 Å². The van der Waals surface area contributed by atoms with E-state index in [2.05, 4.69) is 15.2 Å². The van der Waals surface area contributed by atoms with E-state index in [9.17, 15) is 14.4 Å². The fraction of sp³-hybridized carbons (Fsp3) is 0.600. The molecule has 18 heavy (non-hydrogen) atoms. The Labute approximate surface area is 102 Å². The van der Waals surface area contributed by atoms with Gasteiger partial charge >= 0.3 is 11.7 Å². The van der Waals surface area contributed by atoms with Crippen LogP contribution < -0.4 is 16.1 Å². The number of carboxylic acids is 1. The maximum atomic E-state index is 11.5. The average molecular weight is 254 g/mol. The summed E-state index contributed by atoms with van der Waals surface area (Å²) in [5, 5.41) is 14.9. The van der Waals surface area contributed by atoms with Gasteiger partial charge in [-0.3, -0.25) is 14.6 Å². The predicted molar refractivity (Wildman–Crippen MR) is 62.7 cm³/mol. The van der Waals surface area contributed by atoms with Crippen molar-refractivity contribution in [2.45, 2.75) is 19.8 Å². The molecule has 0 radical (unpaired) electrons. The summed E-state index contributed by atoms with van der Waals surface area (Å²) < 4.78 is 0. The molecule has 8 heteroatoms. The van der Waals surface area contributed by atoms with Crippen LogP contribution in [0, 0.1) is 5.41 Å². The van der Waals surface area contributed by atoms with Gasteiger partial charge in [0.2, 0.25) is 5.82 Å². The van der Waals surface area contributed by atoms with Gasteiger partial charge < -0.3 is 10.0 Å². The first-order valence-corrected chi connectivity index (χ1v) is 5.60. The van der Waals surface area contributed by atoms with Crippen LogP contribution in [0.3, 0.4) is 0 Å². The van der Waals surface area contributed by atoms with E-state index < -0.39 is 22.6 Å². The molecule has 1 saturated heterocycles. The number of aromatic nitrogens is 3. The van der Waals surface area contributed by atoms with E-state index in [-0.39, 0.29) is 5.82 Å². The third kappa shape index (κ3) is 2.13. The van der Waals surface area contributed by atoms with Crippen molar-refractivity contribution in [1.29, 1.82) is 0 Å². The molecule has 0 saturated carbocycles. The minimum absolute atomic E-state index is 0.127. The van der Waals surface area contributed by atoms with Crippen LogP contribution in [0.25, 0.3) is 0 Å². The Morgan fingerprint density at radius 2 is 2.00 bits per heavy atom. The van der Waals surface area contributed by atoms with Gasteiger partial charge in [-0.2, -0.15) is 0 Å². The number of carboxylic acid groups (broad SMARTS) is 1. The van der Waals surface area contributed by atoms with Crippen LogP contribution in [0.1, 0.15) is 19.8 Å². The zero-order chi connectivity index (χ0) is 13.3. The van der Waals surface area contributed by atoms with Crippen LogP contribution in [-0.2, 0) is 4.79 Å². The molecular weight excluding hydrogens is 240 g/mol. The third-order valence-corrected chi connectivity index (χ3v) is 3.38. The van der Waals surface area contributed by atoms with Crippen molar-refractivity contribution in [3.63, 3.8) is 0 Å². The number of nitrogens with one attached hydrogen (secondary N) is 2. The van der Waals surface area contributed by atoms with Crippen molar-refractivity contribution in [3.05, 3.63) is 20.8 Å². The number of rotatable bonds is 2. The zero-order valence-corrected chi connectivity index (χ0v) is 9.89. The Kier molecular flexibility index (Phi) is 2.93. The topological polar surface area (TPSA) is 119 Å². The van der Waals surface area contributed by atoms with Crippen molar-refractivity contribution >= 4 is 11.8 Å². The molecule has 2 rings (SSSR count). The minimum atomic E-state index is -0.828. The lowest BCUT2D eigenvalue weighted by Crippen LogP contribution is -2.45. The monoisotopic (exact) mass is 254 g/mol. The maximum Gasteiger partial charge on any atom is 0.342 e. The zero-order valence-electron chi connectivity index (χ0n) is 9.89. The molecule has 0 aliphatic carbocycles. The molecule has 98 valence electrons. The number of hydrogen-bond donors (Lipinski definition) is 3. The van der Waals surface area contributed by atoms with E-state index in [1.165, 1.54) is 0 Å². The minimum Gasteiger partial charge on any atom is -0.481 e. The van der Waals surface area contributed by atoms with E-state index in [4.69, 9.17) is 5.11 Å². The van der Waals surface area contributed by atoms with Crippen LogP contribution in [-0.4, -0.2) is 39.3 Å². The fourth-order valence-corrected chi connectivity index (χ4v) is 1.98. The van der Waals surface area contributed by atoms with Crippen LogP contribution in [0.2, 0.25) is 0 Å². The highest BCUT2D eigenvalue weighted by atomic mass is 16.4. The number of H-pyrrole nitrogens is 2. The van der Waals surface area contributed by atoms with E-state index in [0.717, 1.165) is 0 Å². The predicted octanol–water partition coefficient (Wildman–Crippen LogP) is -0.851. The highest BCUT2D eigenvalue weighted by molar-refractivity contribution is 5.74. The summed E-state index contributed by atoms with van der Waals surface area (Å²) in [4.78, 5) is 37.2. The summed E-state index contributed by atoms with van der Waals surface area (Å²) in [5.74, 6) is -0.701. The Bertz CT molecular complexity index is 568. The second-order valence-electron chi connectivity index (χ2n) is 4.68. The van der Waals surface area contributed by atoms with E-state index in [1.54, 1.807) is 11.8 Å². The number of hydrogen-bond acceptors (Lipinski definition) is 5. The standard InChI is InChI=1S/C10H14N4O4/c1-10(8(16)17)2-4-14(5-3-10)6-7(15)11-9(18)13-12-6/h2-5H2,1H3,(H,16,17)(H2,11,13,15,18). The normalized spacial score (nSPS) is 18.6. The quantitative estimate of drug-likeness (QED) is 0.632. The highest BCUT2D eigenvalue weighted by Gasteiger charge is 2.37. The summed E-state index contributed by atoms with van der Waals surface area (Å²) >= 11 is 0. The van der Waals surface area contributed by atoms with Gasteiger partial charge in [-0.1, -0.05) is 0 Å². The molecule has 1 fully saturated rings. The molecular formula is C10H14N4O4. The molecule has 8 nitrogen and oxygen atoms in total. The Hall–Kier alpha value is -2.12. The number of carbonyl (C=O) groups is 1. The number of aliphatic carboxylic acids is 1. The van der Waals surface area contributed by atoms with Gasteiger partial charge in [0.25, 0.3) is 5.56 Å². The summed E-state index contributed by atoms with van der Waals surface area (Å²) in [5.41, 5.74) is -1.97. The van der Waals surface area contributed by atoms with E-state index in [1.807, 2.05) is 0 Å². The molecule has 0 atom stereocenters.